The fourth-order valence-corrected chi connectivity index (χ4v) is 5.44. The second-order valence-electron chi connectivity index (χ2n) is 9.90. The summed E-state index contributed by atoms with van der Waals surface area (Å²) in [7, 11) is 1.41. The van der Waals surface area contributed by atoms with Gasteiger partial charge >= 0.3 is 0 Å². The van der Waals surface area contributed by atoms with E-state index < -0.39 is 5.82 Å². The lowest BCUT2D eigenvalue weighted by atomic mass is 9.87. The van der Waals surface area contributed by atoms with Gasteiger partial charge in [0.15, 0.2) is 11.6 Å². The maximum atomic E-state index is 14.1. The monoisotopic (exact) mass is 527 g/mol. The van der Waals surface area contributed by atoms with Crippen LogP contribution in [0.2, 0.25) is 0 Å². The predicted octanol–water partition coefficient (Wildman–Crippen LogP) is 3.24. The van der Waals surface area contributed by atoms with Crippen molar-refractivity contribution in [1.29, 1.82) is 5.26 Å². The number of ketones is 1. The average Bonchev–Trinajstić information content (AvgIpc) is 3.38. The molecule has 2 atom stereocenters. The Labute approximate surface area is 224 Å². The van der Waals surface area contributed by atoms with Crippen molar-refractivity contribution in [3.05, 3.63) is 66.0 Å². The molecule has 10 nitrogen and oxygen atoms in total. The van der Waals surface area contributed by atoms with E-state index in [1.807, 2.05) is 18.2 Å². The van der Waals surface area contributed by atoms with Crippen LogP contribution in [0.5, 0.6) is 11.6 Å². The predicted molar refractivity (Wildman–Crippen MR) is 140 cm³/mol. The highest BCUT2D eigenvalue weighted by Gasteiger charge is 2.44. The molecule has 198 valence electrons. The molecule has 0 radical (unpaired) electrons. The van der Waals surface area contributed by atoms with Crippen LogP contribution in [0.1, 0.15) is 24.5 Å². The number of carbonyl (C=O) groups excluding carboxylic acids is 1. The minimum Gasteiger partial charge on any atom is -0.484 e. The van der Waals surface area contributed by atoms with Gasteiger partial charge in [0, 0.05) is 55.2 Å². The number of piperazine rings is 1. The van der Waals surface area contributed by atoms with Gasteiger partial charge in [-0.25, -0.2) is 18.9 Å². The lowest BCUT2D eigenvalue weighted by Gasteiger charge is -2.56. The van der Waals surface area contributed by atoms with E-state index in [1.54, 1.807) is 23.1 Å². The molecule has 4 aromatic rings. The zero-order valence-corrected chi connectivity index (χ0v) is 21.5. The van der Waals surface area contributed by atoms with E-state index in [9.17, 15) is 14.4 Å². The first-order valence-corrected chi connectivity index (χ1v) is 12.6. The largest absolute Gasteiger partial charge is 0.484 e. The molecule has 3 aliphatic rings. The maximum absolute atomic E-state index is 14.1. The Hall–Kier alpha value is -4.56. The molecule has 0 aromatic carbocycles. The van der Waals surface area contributed by atoms with Crippen molar-refractivity contribution in [2.75, 3.05) is 31.7 Å². The van der Waals surface area contributed by atoms with Gasteiger partial charge in [-0.2, -0.15) is 10.4 Å². The first-order valence-electron chi connectivity index (χ1n) is 12.6. The van der Waals surface area contributed by atoms with Crippen molar-refractivity contribution in [3.8, 4) is 28.8 Å². The van der Waals surface area contributed by atoms with Gasteiger partial charge in [0.05, 0.1) is 30.6 Å². The standard InChI is InChI=1S/C28H26FN7O3/c1-17(37)16-39-23-7-24(27-20(8-30)11-33-36(27)15-23)19-3-4-26(31-10-19)34-13-21-6-22(14-34)35(21)12-18-5-25(29)28(38-2)32-9-18/h3-5,7,9-11,15,21-22H,6,12-14,16H2,1-2H3. The minimum atomic E-state index is -0.447. The fourth-order valence-electron chi connectivity index (χ4n) is 5.44. The number of nitriles is 1. The quantitative estimate of drug-likeness (QED) is 0.341. The zero-order valence-electron chi connectivity index (χ0n) is 21.5. The molecule has 2 unspecified atom stereocenters. The molecule has 0 amide bonds. The van der Waals surface area contributed by atoms with Crippen molar-refractivity contribution in [1.82, 2.24) is 24.5 Å². The number of ether oxygens (including phenoxy) is 2. The van der Waals surface area contributed by atoms with Crippen molar-refractivity contribution >= 4 is 17.1 Å². The molecule has 3 fully saturated rings. The van der Waals surface area contributed by atoms with E-state index in [2.05, 4.69) is 26.0 Å². The van der Waals surface area contributed by atoms with Crippen LogP contribution in [0.15, 0.2) is 49.1 Å². The minimum absolute atomic E-state index is 0.0105. The molecular formula is C28H26FN7O3. The summed E-state index contributed by atoms with van der Waals surface area (Å²) in [5, 5.41) is 13.9. The van der Waals surface area contributed by atoms with E-state index in [1.165, 1.54) is 26.3 Å². The van der Waals surface area contributed by atoms with Gasteiger partial charge in [-0.1, -0.05) is 0 Å². The highest BCUT2D eigenvalue weighted by atomic mass is 19.1. The lowest BCUT2D eigenvalue weighted by Crippen LogP contribution is -2.68. The summed E-state index contributed by atoms with van der Waals surface area (Å²) in [6.07, 6.45) is 7.73. The molecule has 0 N–H and O–H groups in total. The zero-order chi connectivity index (χ0) is 27.1. The molecular weight excluding hydrogens is 501 g/mol. The Balaban J connectivity index is 1.19. The number of pyridine rings is 3. The Kier molecular flexibility index (Phi) is 6.32. The smallest absolute Gasteiger partial charge is 0.250 e. The molecule has 4 aromatic heterocycles. The number of aromatic nitrogens is 4. The van der Waals surface area contributed by atoms with Crippen molar-refractivity contribution in [2.45, 2.75) is 32.0 Å². The molecule has 3 saturated heterocycles. The van der Waals surface area contributed by atoms with Crippen LogP contribution in [-0.2, 0) is 11.3 Å². The summed E-state index contributed by atoms with van der Waals surface area (Å²) < 4.78 is 26.2. The summed E-state index contributed by atoms with van der Waals surface area (Å²) in [4.78, 5) is 24.9. The first-order chi connectivity index (χ1) is 18.9. The summed E-state index contributed by atoms with van der Waals surface area (Å²) in [5.74, 6) is 0.827. The van der Waals surface area contributed by atoms with Crippen LogP contribution in [0, 0.1) is 17.1 Å². The first kappa shape index (κ1) is 24.8. The lowest BCUT2D eigenvalue weighted by molar-refractivity contribution is -0.118. The molecule has 7 rings (SSSR count). The van der Waals surface area contributed by atoms with E-state index >= 15 is 0 Å². The number of methoxy groups -OCH3 is 1. The van der Waals surface area contributed by atoms with Crippen LogP contribution < -0.4 is 14.4 Å². The van der Waals surface area contributed by atoms with Crippen molar-refractivity contribution in [2.24, 2.45) is 0 Å². The number of anilines is 1. The van der Waals surface area contributed by atoms with Gasteiger partial charge in [-0.15, -0.1) is 0 Å². The number of nitrogens with zero attached hydrogens (tertiary/aromatic N) is 7. The average molecular weight is 528 g/mol. The molecule has 0 aliphatic carbocycles. The van der Waals surface area contributed by atoms with E-state index in [0.29, 0.717) is 35.5 Å². The number of hydrogen-bond donors (Lipinski definition) is 0. The molecule has 0 saturated carbocycles. The highest BCUT2D eigenvalue weighted by Crippen LogP contribution is 2.36. The summed E-state index contributed by atoms with van der Waals surface area (Å²) in [5.41, 5.74) is 3.48. The fraction of sp³-hybridized carbons (Fsp3) is 0.321. The number of fused-ring (bicyclic) bond motifs is 3. The van der Waals surface area contributed by atoms with Gasteiger partial charge in [-0.05, 0) is 43.2 Å². The van der Waals surface area contributed by atoms with E-state index in [4.69, 9.17) is 14.5 Å². The Morgan fingerprint density at radius 2 is 2.00 bits per heavy atom. The van der Waals surface area contributed by atoms with Crippen LogP contribution >= 0.6 is 0 Å². The Morgan fingerprint density at radius 3 is 2.67 bits per heavy atom. The molecule has 7 heterocycles. The van der Waals surface area contributed by atoms with Gasteiger partial charge in [0.2, 0.25) is 5.88 Å². The normalized spacial score (nSPS) is 18.5. The number of piperidine rings is 1. The Bertz CT molecular complexity index is 1590. The number of Topliss-reactive ketones (excluding diaryl/α,β-unsaturated/α-hetero) is 1. The van der Waals surface area contributed by atoms with E-state index in [-0.39, 0.29) is 18.3 Å². The summed E-state index contributed by atoms with van der Waals surface area (Å²) >= 11 is 0. The molecule has 39 heavy (non-hydrogen) atoms. The number of carbonyl (C=O) groups is 1. The third kappa shape index (κ3) is 4.64. The van der Waals surface area contributed by atoms with E-state index in [0.717, 1.165) is 42.0 Å². The molecule has 0 spiro atoms. The van der Waals surface area contributed by atoms with Crippen LogP contribution in [-0.4, -0.2) is 69.2 Å². The Morgan fingerprint density at radius 1 is 1.18 bits per heavy atom. The van der Waals surface area contributed by atoms with Gasteiger partial charge in [-0.3, -0.25) is 9.69 Å². The van der Waals surface area contributed by atoms with Crippen LogP contribution in [0.25, 0.3) is 16.6 Å². The molecule has 11 heteroatoms. The van der Waals surface area contributed by atoms with Gasteiger partial charge in [0.1, 0.15) is 24.2 Å². The topological polar surface area (TPSA) is 109 Å². The number of hydrogen-bond acceptors (Lipinski definition) is 9. The number of rotatable bonds is 8. The SMILES string of the molecule is COc1ncc(CN2C3CC2CN(c2ccc(-c4cc(OCC(C)=O)cn5ncc(C#N)c45)cn2)C3)cc1F. The number of halogens is 1. The second kappa shape index (κ2) is 9.96. The van der Waals surface area contributed by atoms with Gasteiger partial charge in [0.25, 0.3) is 0 Å². The van der Waals surface area contributed by atoms with Crippen LogP contribution in [0.3, 0.4) is 0 Å². The third-order valence-electron chi connectivity index (χ3n) is 7.30. The summed E-state index contributed by atoms with van der Waals surface area (Å²) in [6, 6.07) is 10.2. The maximum Gasteiger partial charge on any atom is 0.250 e. The second-order valence-corrected chi connectivity index (χ2v) is 9.90. The van der Waals surface area contributed by atoms with Gasteiger partial charge < -0.3 is 14.4 Å². The molecule has 2 bridgehead atoms. The third-order valence-corrected chi connectivity index (χ3v) is 7.30. The van der Waals surface area contributed by atoms with Crippen LogP contribution in [0.4, 0.5) is 10.2 Å². The molecule has 3 aliphatic heterocycles. The highest BCUT2D eigenvalue weighted by molar-refractivity contribution is 5.85. The van der Waals surface area contributed by atoms with Crippen molar-refractivity contribution in [3.63, 3.8) is 0 Å². The summed E-state index contributed by atoms with van der Waals surface area (Å²) in [6.45, 7) is 3.72. The van der Waals surface area contributed by atoms with Crippen molar-refractivity contribution < 1.29 is 18.7 Å².